The van der Waals surface area contributed by atoms with Crippen molar-refractivity contribution in [2.45, 2.75) is 25.8 Å². The Morgan fingerprint density at radius 1 is 1.58 bits per heavy atom. The summed E-state index contributed by atoms with van der Waals surface area (Å²) in [7, 11) is 0. The minimum atomic E-state index is 0.0384. The Morgan fingerprint density at radius 2 is 2.42 bits per heavy atom. The van der Waals surface area contributed by atoms with Gasteiger partial charge in [-0.05, 0) is 30.2 Å². The second-order valence-corrected chi connectivity index (χ2v) is 6.42. The quantitative estimate of drug-likeness (QED) is 0.849. The van der Waals surface area contributed by atoms with Crippen molar-refractivity contribution in [1.82, 2.24) is 10.2 Å². The molecule has 106 valence electrons. The number of hydrogen-bond donors (Lipinski definition) is 2. The van der Waals surface area contributed by atoms with Gasteiger partial charge in [-0.15, -0.1) is 11.3 Å². The van der Waals surface area contributed by atoms with Gasteiger partial charge in [-0.1, -0.05) is 6.07 Å². The van der Waals surface area contributed by atoms with Gasteiger partial charge in [0.25, 0.3) is 0 Å². The van der Waals surface area contributed by atoms with Crippen LogP contribution in [-0.2, 0) is 11.2 Å². The molecule has 1 amide bonds. The normalized spacial score (nSPS) is 24.3. The Bertz CT molecular complexity index is 393. The first kappa shape index (κ1) is 14.5. The summed E-state index contributed by atoms with van der Waals surface area (Å²) >= 11 is 1.82. The average molecular weight is 281 g/mol. The summed E-state index contributed by atoms with van der Waals surface area (Å²) in [4.78, 5) is 14.7. The van der Waals surface area contributed by atoms with Gasteiger partial charge in [-0.25, -0.2) is 0 Å². The second-order valence-electron chi connectivity index (χ2n) is 5.39. The molecule has 2 rings (SSSR count). The lowest BCUT2D eigenvalue weighted by Gasteiger charge is -2.36. The number of likely N-dealkylation sites (tertiary alicyclic amines) is 1. The summed E-state index contributed by atoms with van der Waals surface area (Å²) in [6.45, 7) is 5.20. The Morgan fingerprint density at radius 3 is 3.11 bits per heavy atom. The number of nitrogens with one attached hydrogen (secondary N) is 1. The maximum Gasteiger partial charge on any atom is 0.216 e. The molecule has 4 nitrogen and oxygen atoms in total. The van der Waals surface area contributed by atoms with Crippen LogP contribution in [0.2, 0.25) is 0 Å². The second kappa shape index (κ2) is 7.03. The van der Waals surface area contributed by atoms with E-state index in [1.807, 2.05) is 11.3 Å². The highest BCUT2D eigenvalue weighted by atomic mass is 32.1. The third-order valence-electron chi connectivity index (χ3n) is 3.52. The van der Waals surface area contributed by atoms with E-state index in [1.165, 1.54) is 4.88 Å². The molecule has 1 fully saturated rings. The van der Waals surface area contributed by atoms with Crippen molar-refractivity contribution < 1.29 is 4.79 Å². The summed E-state index contributed by atoms with van der Waals surface area (Å²) in [5.74, 6) is 0.677. The molecule has 0 saturated carbocycles. The van der Waals surface area contributed by atoms with Crippen LogP contribution in [-0.4, -0.2) is 43.0 Å². The van der Waals surface area contributed by atoms with E-state index in [1.54, 1.807) is 6.92 Å². The van der Waals surface area contributed by atoms with Crippen LogP contribution in [0, 0.1) is 5.92 Å². The van der Waals surface area contributed by atoms with Crippen molar-refractivity contribution in [2.75, 3.05) is 26.2 Å². The molecule has 0 aliphatic carbocycles. The smallest absolute Gasteiger partial charge is 0.216 e. The fraction of sp³-hybridized carbons (Fsp3) is 0.643. The minimum Gasteiger partial charge on any atom is -0.355 e. The Kier molecular flexibility index (Phi) is 5.36. The maximum atomic E-state index is 10.9. The van der Waals surface area contributed by atoms with Crippen molar-refractivity contribution >= 4 is 17.2 Å². The van der Waals surface area contributed by atoms with Crippen molar-refractivity contribution in [1.29, 1.82) is 0 Å². The van der Waals surface area contributed by atoms with Gasteiger partial charge >= 0.3 is 0 Å². The third-order valence-corrected chi connectivity index (χ3v) is 4.42. The molecule has 0 spiro atoms. The summed E-state index contributed by atoms with van der Waals surface area (Å²) in [6.07, 6.45) is 2.23. The highest BCUT2D eigenvalue weighted by Crippen LogP contribution is 2.22. The summed E-state index contributed by atoms with van der Waals surface area (Å²) in [5.41, 5.74) is 6.15. The van der Waals surface area contributed by atoms with Crippen LogP contribution in [0.4, 0.5) is 0 Å². The molecule has 1 aromatic heterocycles. The highest BCUT2D eigenvalue weighted by molar-refractivity contribution is 7.09. The van der Waals surface area contributed by atoms with Crippen LogP contribution < -0.4 is 11.1 Å². The largest absolute Gasteiger partial charge is 0.355 e. The van der Waals surface area contributed by atoms with Crippen LogP contribution in [0.15, 0.2) is 17.5 Å². The van der Waals surface area contributed by atoms with E-state index < -0.39 is 0 Å². The van der Waals surface area contributed by atoms with Crippen LogP contribution in [0.25, 0.3) is 0 Å². The molecule has 1 aliphatic heterocycles. The maximum absolute atomic E-state index is 10.9. The zero-order valence-electron chi connectivity index (χ0n) is 11.5. The Hall–Kier alpha value is -0.910. The van der Waals surface area contributed by atoms with E-state index in [9.17, 15) is 4.79 Å². The van der Waals surface area contributed by atoms with E-state index in [2.05, 4.69) is 27.7 Å². The third kappa shape index (κ3) is 4.93. The van der Waals surface area contributed by atoms with E-state index in [0.29, 0.717) is 12.5 Å². The van der Waals surface area contributed by atoms with Crippen molar-refractivity contribution in [3.05, 3.63) is 22.4 Å². The summed E-state index contributed by atoms with van der Waals surface area (Å²) < 4.78 is 0. The fourth-order valence-corrected chi connectivity index (χ4v) is 3.60. The molecule has 0 bridgehead atoms. The van der Waals surface area contributed by atoms with Crippen LogP contribution in [0.3, 0.4) is 0 Å². The van der Waals surface area contributed by atoms with Gasteiger partial charge in [0, 0.05) is 44.0 Å². The van der Waals surface area contributed by atoms with E-state index >= 15 is 0 Å². The summed E-state index contributed by atoms with van der Waals surface area (Å²) in [6, 6.07) is 4.57. The molecule has 2 atom stereocenters. The molecule has 1 aromatic rings. The molecule has 3 N–H and O–H groups in total. The Balaban J connectivity index is 1.80. The van der Waals surface area contributed by atoms with Crippen molar-refractivity contribution in [3.63, 3.8) is 0 Å². The predicted molar refractivity (Wildman–Crippen MR) is 79.2 cm³/mol. The molecule has 2 unspecified atom stereocenters. The molecule has 0 aromatic carbocycles. The number of amides is 1. The number of nitrogens with two attached hydrogens (primary N) is 1. The van der Waals surface area contributed by atoms with Gasteiger partial charge in [0.05, 0.1) is 0 Å². The first-order valence-electron chi connectivity index (χ1n) is 6.88. The first-order valence-corrected chi connectivity index (χ1v) is 7.76. The molecular formula is C14H23N3OS. The van der Waals surface area contributed by atoms with Gasteiger partial charge < -0.3 is 11.1 Å². The van der Waals surface area contributed by atoms with Gasteiger partial charge in [0.1, 0.15) is 0 Å². The van der Waals surface area contributed by atoms with Gasteiger partial charge in [0.2, 0.25) is 5.91 Å². The number of hydrogen-bond acceptors (Lipinski definition) is 4. The van der Waals surface area contributed by atoms with Gasteiger partial charge in [0.15, 0.2) is 0 Å². The number of thiophene rings is 1. The van der Waals surface area contributed by atoms with E-state index in [4.69, 9.17) is 5.73 Å². The monoisotopic (exact) mass is 281 g/mol. The lowest BCUT2D eigenvalue weighted by molar-refractivity contribution is -0.119. The lowest BCUT2D eigenvalue weighted by Crippen LogP contribution is -2.49. The number of rotatable bonds is 5. The molecule has 0 radical (unpaired) electrons. The number of carbonyl (C=O) groups is 1. The van der Waals surface area contributed by atoms with Crippen molar-refractivity contribution in [3.8, 4) is 0 Å². The van der Waals surface area contributed by atoms with Gasteiger partial charge in [-0.2, -0.15) is 0 Å². The van der Waals surface area contributed by atoms with Crippen molar-refractivity contribution in [2.24, 2.45) is 11.7 Å². The minimum absolute atomic E-state index is 0.0384. The molecule has 5 heteroatoms. The molecular weight excluding hydrogens is 258 g/mol. The standard InChI is InChI=1S/C14H23N3OS/c1-11(18)16-4-5-17-9-12(7-13(15)10-17)8-14-3-2-6-19-14/h2-3,6,12-13H,4-5,7-10,15H2,1H3,(H,16,18). The predicted octanol–water partition coefficient (Wildman–Crippen LogP) is 1.08. The highest BCUT2D eigenvalue weighted by Gasteiger charge is 2.25. The topological polar surface area (TPSA) is 58.4 Å². The molecule has 19 heavy (non-hydrogen) atoms. The zero-order chi connectivity index (χ0) is 13.7. The first-order chi connectivity index (χ1) is 9.13. The Labute approximate surface area is 119 Å². The van der Waals surface area contributed by atoms with Gasteiger partial charge in [-0.3, -0.25) is 9.69 Å². The van der Waals surface area contributed by atoms with Crippen LogP contribution in [0.1, 0.15) is 18.2 Å². The molecule has 1 aliphatic rings. The van der Waals surface area contributed by atoms with Crippen LogP contribution in [0.5, 0.6) is 0 Å². The zero-order valence-corrected chi connectivity index (χ0v) is 12.3. The van der Waals surface area contributed by atoms with Crippen LogP contribution >= 0.6 is 11.3 Å². The molecule has 2 heterocycles. The fourth-order valence-electron chi connectivity index (χ4n) is 2.78. The SMILES string of the molecule is CC(=O)NCCN1CC(N)CC(Cc2cccs2)C1. The molecule has 1 saturated heterocycles. The number of piperidine rings is 1. The van der Waals surface area contributed by atoms with E-state index in [-0.39, 0.29) is 11.9 Å². The number of nitrogens with zero attached hydrogens (tertiary/aromatic N) is 1. The summed E-state index contributed by atoms with van der Waals surface area (Å²) in [5, 5.41) is 4.98. The lowest BCUT2D eigenvalue weighted by atomic mass is 9.91. The number of carbonyl (C=O) groups excluding carboxylic acids is 1. The van der Waals surface area contributed by atoms with E-state index in [0.717, 1.165) is 32.5 Å². The average Bonchev–Trinajstić information content (AvgIpc) is 2.80.